The van der Waals surface area contributed by atoms with Crippen molar-refractivity contribution in [1.29, 1.82) is 0 Å². The van der Waals surface area contributed by atoms with Crippen LogP contribution in [0.5, 0.6) is 5.75 Å². The summed E-state index contributed by atoms with van der Waals surface area (Å²) in [5.74, 6) is 0.985. The molecule has 0 fully saturated rings. The summed E-state index contributed by atoms with van der Waals surface area (Å²) in [6.45, 7) is 5.57. The maximum Gasteiger partial charge on any atom is 0.232 e. The molecule has 3 rings (SSSR count). The van der Waals surface area contributed by atoms with Gasteiger partial charge in [-0.3, -0.25) is 10.1 Å². The van der Waals surface area contributed by atoms with Crippen molar-refractivity contribution in [3.05, 3.63) is 47.8 Å². The zero-order chi connectivity index (χ0) is 17.9. The van der Waals surface area contributed by atoms with Crippen LogP contribution in [0.3, 0.4) is 0 Å². The number of nitrogens with zero attached hydrogens (tertiary/aromatic N) is 3. The van der Waals surface area contributed by atoms with Crippen molar-refractivity contribution in [2.24, 2.45) is 10.6 Å². The highest BCUT2D eigenvalue weighted by Gasteiger charge is 2.23. The second-order valence-corrected chi connectivity index (χ2v) is 7.11. The van der Waals surface area contributed by atoms with Crippen LogP contribution in [0.15, 0.2) is 41.7 Å². The third kappa shape index (κ3) is 4.41. The van der Waals surface area contributed by atoms with Gasteiger partial charge in [0.05, 0.1) is 5.71 Å². The summed E-state index contributed by atoms with van der Waals surface area (Å²) in [6, 6.07) is 9.49. The molecule has 0 aliphatic heterocycles. The number of fused-ring (bicyclic) bond motifs is 1. The summed E-state index contributed by atoms with van der Waals surface area (Å²) in [4.78, 5) is 26.3. The minimum absolute atomic E-state index is 0.0956. The van der Waals surface area contributed by atoms with Gasteiger partial charge in [0.2, 0.25) is 11.9 Å². The second-order valence-electron chi connectivity index (χ2n) is 7.11. The average Bonchev–Trinajstić information content (AvgIpc) is 2.60. The van der Waals surface area contributed by atoms with Gasteiger partial charge < -0.3 is 4.84 Å². The summed E-state index contributed by atoms with van der Waals surface area (Å²) in [6.07, 6.45) is 3.96. The molecule has 1 aliphatic rings. The van der Waals surface area contributed by atoms with E-state index in [0.29, 0.717) is 12.4 Å². The maximum atomic E-state index is 12.0. The number of rotatable bonds is 3. The van der Waals surface area contributed by atoms with Crippen LogP contribution >= 0.6 is 0 Å². The molecule has 6 nitrogen and oxygen atoms in total. The van der Waals surface area contributed by atoms with Gasteiger partial charge in [-0.2, -0.15) is 0 Å². The maximum absolute atomic E-state index is 12.0. The lowest BCUT2D eigenvalue weighted by Gasteiger charge is -2.19. The Morgan fingerprint density at radius 3 is 2.68 bits per heavy atom. The minimum Gasteiger partial charge on any atom is -0.357 e. The largest absolute Gasteiger partial charge is 0.357 e. The van der Waals surface area contributed by atoms with Gasteiger partial charge in [0.1, 0.15) is 0 Å². The van der Waals surface area contributed by atoms with Crippen molar-refractivity contribution >= 4 is 17.6 Å². The lowest BCUT2D eigenvalue weighted by atomic mass is 9.95. The number of para-hydroxylation sites is 1. The molecular weight excluding hydrogens is 316 g/mol. The molecule has 25 heavy (non-hydrogen) atoms. The van der Waals surface area contributed by atoms with Crippen molar-refractivity contribution in [3.8, 4) is 5.75 Å². The van der Waals surface area contributed by atoms with Crippen LogP contribution in [0.1, 0.15) is 38.4 Å². The first kappa shape index (κ1) is 17.1. The molecule has 1 N–H and O–H groups in total. The Kier molecular flexibility index (Phi) is 4.79. The summed E-state index contributed by atoms with van der Waals surface area (Å²) in [5.41, 5.74) is 2.47. The Labute approximate surface area is 147 Å². The van der Waals surface area contributed by atoms with Crippen molar-refractivity contribution in [1.82, 2.24) is 9.97 Å². The van der Waals surface area contributed by atoms with Gasteiger partial charge >= 0.3 is 0 Å². The predicted molar refractivity (Wildman–Crippen MR) is 96.6 cm³/mol. The smallest absolute Gasteiger partial charge is 0.232 e. The van der Waals surface area contributed by atoms with E-state index in [0.717, 1.165) is 35.6 Å². The molecule has 0 atom stereocenters. The number of carbonyl (C=O) groups excluding carboxylic acids is 1. The first-order valence-electron chi connectivity index (χ1n) is 8.36. The standard InChI is InChI=1S/C19H22N4O2/c1-19(2,3)17(24)22-18-20-12-13-11-14(9-10-16(13)21-18)23-25-15-7-5-4-6-8-15/h4-8,12H,9-11H2,1-3H3,(H,20,21,22,24). The van der Waals surface area contributed by atoms with Crippen LogP contribution in [0.25, 0.3) is 0 Å². The highest BCUT2D eigenvalue weighted by molar-refractivity contribution is 5.93. The van der Waals surface area contributed by atoms with Crippen molar-refractivity contribution in [2.45, 2.75) is 40.0 Å². The number of anilines is 1. The summed E-state index contributed by atoms with van der Waals surface area (Å²) < 4.78 is 0. The van der Waals surface area contributed by atoms with Gasteiger partial charge in [-0.25, -0.2) is 9.97 Å². The molecule has 0 bridgehead atoms. The van der Waals surface area contributed by atoms with E-state index in [2.05, 4.69) is 20.4 Å². The molecule has 130 valence electrons. The van der Waals surface area contributed by atoms with E-state index < -0.39 is 5.41 Å². The normalized spacial score (nSPS) is 15.6. The molecule has 1 heterocycles. The Morgan fingerprint density at radius 1 is 1.20 bits per heavy atom. The Morgan fingerprint density at radius 2 is 1.96 bits per heavy atom. The topological polar surface area (TPSA) is 76.5 Å². The third-order valence-electron chi connectivity index (χ3n) is 3.93. The fourth-order valence-corrected chi connectivity index (χ4v) is 2.40. The van der Waals surface area contributed by atoms with Gasteiger partial charge in [0.25, 0.3) is 0 Å². The van der Waals surface area contributed by atoms with Gasteiger partial charge in [-0.05, 0) is 30.5 Å². The molecule has 2 aromatic rings. The average molecular weight is 338 g/mol. The fraction of sp³-hybridized carbons (Fsp3) is 0.368. The molecule has 1 amide bonds. The van der Waals surface area contributed by atoms with Crippen molar-refractivity contribution < 1.29 is 9.63 Å². The Balaban J connectivity index is 1.67. The van der Waals surface area contributed by atoms with E-state index in [1.165, 1.54) is 0 Å². The Bertz CT molecular complexity index is 795. The molecule has 1 aromatic carbocycles. The van der Waals surface area contributed by atoms with Crippen LogP contribution in [0.2, 0.25) is 0 Å². The van der Waals surface area contributed by atoms with E-state index in [1.807, 2.05) is 51.1 Å². The van der Waals surface area contributed by atoms with Crippen LogP contribution in [-0.4, -0.2) is 21.6 Å². The number of aromatic nitrogens is 2. The summed E-state index contributed by atoms with van der Waals surface area (Å²) in [7, 11) is 0. The minimum atomic E-state index is -0.478. The number of benzene rings is 1. The van der Waals surface area contributed by atoms with Crippen molar-refractivity contribution in [3.63, 3.8) is 0 Å². The van der Waals surface area contributed by atoms with E-state index >= 15 is 0 Å². The molecule has 6 heteroatoms. The molecule has 0 saturated carbocycles. The van der Waals surface area contributed by atoms with Crippen LogP contribution in [0, 0.1) is 5.41 Å². The summed E-state index contributed by atoms with van der Waals surface area (Å²) in [5, 5.41) is 7.02. The van der Waals surface area contributed by atoms with Crippen LogP contribution in [0.4, 0.5) is 5.95 Å². The number of carbonyl (C=O) groups is 1. The number of amides is 1. The molecule has 0 radical (unpaired) electrons. The van der Waals surface area contributed by atoms with Gasteiger partial charge in [-0.1, -0.05) is 44.1 Å². The molecule has 1 aromatic heterocycles. The zero-order valence-corrected chi connectivity index (χ0v) is 14.7. The monoisotopic (exact) mass is 338 g/mol. The van der Waals surface area contributed by atoms with Gasteiger partial charge in [-0.15, -0.1) is 0 Å². The molecular formula is C19H22N4O2. The molecule has 0 saturated heterocycles. The number of aryl methyl sites for hydroxylation is 1. The van der Waals surface area contributed by atoms with Crippen molar-refractivity contribution in [2.75, 3.05) is 5.32 Å². The van der Waals surface area contributed by atoms with E-state index in [1.54, 1.807) is 6.20 Å². The fourth-order valence-electron chi connectivity index (χ4n) is 2.40. The lowest BCUT2D eigenvalue weighted by molar-refractivity contribution is -0.123. The summed E-state index contributed by atoms with van der Waals surface area (Å²) >= 11 is 0. The number of hydrogen-bond acceptors (Lipinski definition) is 5. The lowest BCUT2D eigenvalue weighted by Crippen LogP contribution is -2.29. The number of oxime groups is 1. The molecule has 0 spiro atoms. The van der Waals surface area contributed by atoms with Gasteiger partial charge in [0.15, 0.2) is 5.75 Å². The van der Waals surface area contributed by atoms with E-state index in [4.69, 9.17) is 4.84 Å². The number of hydrogen-bond donors (Lipinski definition) is 1. The second kappa shape index (κ2) is 7.01. The Hall–Kier alpha value is -2.76. The highest BCUT2D eigenvalue weighted by atomic mass is 16.6. The van der Waals surface area contributed by atoms with Crippen LogP contribution < -0.4 is 10.2 Å². The quantitative estimate of drug-likeness (QED) is 0.870. The molecule has 1 aliphatic carbocycles. The SMILES string of the molecule is CC(C)(C)C(=O)Nc1ncc2c(n1)CCC(=NOc1ccccc1)C2. The zero-order valence-electron chi connectivity index (χ0n) is 14.7. The third-order valence-corrected chi connectivity index (χ3v) is 3.93. The molecule has 0 unspecified atom stereocenters. The first-order chi connectivity index (χ1) is 11.9. The first-order valence-corrected chi connectivity index (χ1v) is 8.36. The number of nitrogens with one attached hydrogen (secondary N) is 1. The van der Waals surface area contributed by atoms with E-state index in [-0.39, 0.29) is 5.91 Å². The van der Waals surface area contributed by atoms with Gasteiger partial charge in [0, 0.05) is 23.7 Å². The van der Waals surface area contributed by atoms with E-state index in [9.17, 15) is 4.79 Å². The van der Waals surface area contributed by atoms with Crippen LogP contribution in [-0.2, 0) is 17.6 Å². The predicted octanol–water partition coefficient (Wildman–Crippen LogP) is 3.38. The highest BCUT2D eigenvalue weighted by Crippen LogP contribution is 2.21.